The van der Waals surface area contributed by atoms with Gasteiger partial charge in [-0.25, -0.2) is 4.79 Å². The topological polar surface area (TPSA) is 115 Å². The Morgan fingerprint density at radius 3 is 2.60 bits per heavy atom. The molecule has 7 heteroatoms. The Kier molecular flexibility index (Phi) is 4.11. The van der Waals surface area contributed by atoms with E-state index in [2.05, 4.69) is 15.5 Å². The van der Waals surface area contributed by atoms with Crippen molar-refractivity contribution in [1.82, 2.24) is 15.5 Å². The van der Waals surface area contributed by atoms with Crippen molar-refractivity contribution >= 4 is 11.9 Å². The number of amides is 1. The molecule has 2 aromatic rings. The molecule has 2 rings (SSSR count). The minimum atomic E-state index is -1.35. The Morgan fingerprint density at radius 2 is 2.00 bits per heavy atom. The fraction of sp³-hybridized carbons (Fsp3) is 0.154. The van der Waals surface area contributed by atoms with E-state index in [-0.39, 0.29) is 5.56 Å². The number of rotatable bonds is 5. The summed E-state index contributed by atoms with van der Waals surface area (Å²) in [6, 6.07) is 7.71. The van der Waals surface area contributed by atoms with E-state index in [4.69, 9.17) is 10.2 Å². The average molecular weight is 275 g/mol. The Morgan fingerprint density at radius 1 is 1.30 bits per heavy atom. The van der Waals surface area contributed by atoms with Gasteiger partial charge in [0.2, 0.25) is 0 Å². The SMILES string of the molecule is O=C(N[C@H](CO)C(=O)O)c1cn[nH]c1-c1ccccc1. The van der Waals surface area contributed by atoms with Crippen LogP contribution in [0.1, 0.15) is 10.4 Å². The molecule has 1 aromatic carbocycles. The fourth-order valence-electron chi connectivity index (χ4n) is 1.70. The summed E-state index contributed by atoms with van der Waals surface area (Å²) in [5, 5.41) is 26.5. The number of nitrogens with zero attached hydrogens (tertiary/aromatic N) is 1. The standard InChI is InChI=1S/C13H13N3O4/c17-7-10(13(19)20)15-12(18)9-6-14-16-11(9)8-4-2-1-3-5-8/h1-6,10,17H,7H2,(H,14,16)(H,15,18)(H,19,20)/t10-/m1/s1. The molecule has 0 fully saturated rings. The van der Waals surface area contributed by atoms with Crippen molar-refractivity contribution in [2.24, 2.45) is 0 Å². The van der Waals surface area contributed by atoms with Crippen molar-refractivity contribution in [3.8, 4) is 11.3 Å². The number of aliphatic carboxylic acids is 1. The van der Waals surface area contributed by atoms with Crippen molar-refractivity contribution < 1.29 is 19.8 Å². The number of H-pyrrole nitrogens is 1. The number of nitrogens with one attached hydrogen (secondary N) is 2. The van der Waals surface area contributed by atoms with Crippen LogP contribution in [0.2, 0.25) is 0 Å². The lowest BCUT2D eigenvalue weighted by molar-refractivity contribution is -0.140. The van der Waals surface area contributed by atoms with E-state index in [1.54, 1.807) is 12.1 Å². The highest BCUT2D eigenvalue weighted by Gasteiger charge is 2.22. The zero-order valence-electron chi connectivity index (χ0n) is 10.4. The van der Waals surface area contributed by atoms with Crippen LogP contribution in [0.25, 0.3) is 11.3 Å². The molecule has 1 amide bonds. The van der Waals surface area contributed by atoms with Crippen LogP contribution >= 0.6 is 0 Å². The van der Waals surface area contributed by atoms with Gasteiger partial charge in [0.15, 0.2) is 6.04 Å². The predicted octanol–water partition coefficient (Wildman–Crippen LogP) is 0.252. The van der Waals surface area contributed by atoms with E-state index >= 15 is 0 Å². The first-order chi connectivity index (χ1) is 9.63. The number of aliphatic hydroxyl groups excluding tert-OH is 1. The second kappa shape index (κ2) is 5.98. The summed E-state index contributed by atoms with van der Waals surface area (Å²) in [6.45, 7) is -0.681. The number of carbonyl (C=O) groups is 2. The first kappa shape index (κ1) is 13.8. The maximum Gasteiger partial charge on any atom is 0.328 e. The number of carbonyl (C=O) groups excluding carboxylic acids is 1. The zero-order valence-corrected chi connectivity index (χ0v) is 10.4. The number of hydrogen-bond donors (Lipinski definition) is 4. The molecule has 7 nitrogen and oxygen atoms in total. The van der Waals surface area contributed by atoms with Crippen molar-refractivity contribution in [2.75, 3.05) is 6.61 Å². The van der Waals surface area contributed by atoms with Gasteiger partial charge in [-0.3, -0.25) is 9.89 Å². The quantitative estimate of drug-likeness (QED) is 0.624. The van der Waals surface area contributed by atoms with Gasteiger partial charge in [0.1, 0.15) is 0 Å². The number of hydrogen-bond acceptors (Lipinski definition) is 4. The molecule has 0 spiro atoms. The molecular weight excluding hydrogens is 262 g/mol. The maximum atomic E-state index is 12.0. The van der Waals surface area contributed by atoms with Crippen LogP contribution in [-0.4, -0.2) is 44.9 Å². The first-order valence-electron chi connectivity index (χ1n) is 5.86. The van der Waals surface area contributed by atoms with E-state index in [0.29, 0.717) is 5.69 Å². The summed E-state index contributed by atoms with van der Waals surface area (Å²) in [6.07, 6.45) is 1.31. The van der Waals surface area contributed by atoms with E-state index in [1.165, 1.54) is 6.20 Å². The highest BCUT2D eigenvalue weighted by Crippen LogP contribution is 2.20. The second-order valence-electron chi connectivity index (χ2n) is 4.07. The number of aromatic amines is 1. The Hall–Kier alpha value is -2.67. The summed E-state index contributed by atoms with van der Waals surface area (Å²) in [5.74, 6) is -1.91. The molecule has 1 atom stereocenters. The molecule has 0 unspecified atom stereocenters. The van der Waals surface area contributed by atoms with Crippen molar-refractivity contribution in [3.63, 3.8) is 0 Å². The second-order valence-corrected chi connectivity index (χ2v) is 4.07. The molecule has 0 saturated heterocycles. The zero-order chi connectivity index (χ0) is 14.5. The Balaban J connectivity index is 2.24. The van der Waals surface area contributed by atoms with Crippen LogP contribution in [-0.2, 0) is 4.79 Å². The van der Waals surface area contributed by atoms with Crippen LogP contribution in [0, 0.1) is 0 Å². The van der Waals surface area contributed by atoms with Gasteiger partial charge in [-0.05, 0) is 0 Å². The molecule has 104 valence electrons. The summed E-state index contributed by atoms with van der Waals surface area (Å²) in [5.41, 5.74) is 1.46. The normalized spacial score (nSPS) is 11.8. The highest BCUT2D eigenvalue weighted by atomic mass is 16.4. The molecule has 20 heavy (non-hydrogen) atoms. The number of aliphatic hydroxyl groups is 1. The van der Waals surface area contributed by atoms with Gasteiger partial charge in [-0.2, -0.15) is 5.10 Å². The van der Waals surface area contributed by atoms with Gasteiger partial charge in [0, 0.05) is 5.56 Å². The van der Waals surface area contributed by atoms with Crippen LogP contribution in [0.15, 0.2) is 36.5 Å². The van der Waals surface area contributed by atoms with Gasteiger partial charge in [-0.1, -0.05) is 30.3 Å². The molecular formula is C13H13N3O4. The lowest BCUT2D eigenvalue weighted by atomic mass is 10.1. The molecule has 0 aliphatic rings. The molecule has 0 aliphatic heterocycles. The molecule has 0 bridgehead atoms. The monoisotopic (exact) mass is 275 g/mol. The summed E-state index contributed by atoms with van der Waals surface area (Å²) >= 11 is 0. The molecule has 4 N–H and O–H groups in total. The minimum absolute atomic E-state index is 0.218. The minimum Gasteiger partial charge on any atom is -0.480 e. The third kappa shape index (κ3) is 2.83. The molecule has 1 aromatic heterocycles. The van der Waals surface area contributed by atoms with Gasteiger partial charge >= 0.3 is 5.97 Å². The molecule has 0 aliphatic carbocycles. The third-order valence-corrected chi connectivity index (χ3v) is 2.73. The van der Waals surface area contributed by atoms with Gasteiger partial charge < -0.3 is 15.5 Å². The Bertz CT molecular complexity index is 609. The van der Waals surface area contributed by atoms with Gasteiger partial charge in [0.25, 0.3) is 5.91 Å². The van der Waals surface area contributed by atoms with Crippen LogP contribution in [0.5, 0.6) is 0 Å². The predicted molar refractivity (Wildman–Crippen MR) is 70.0 cm³/mol. The largest absolute Gasteiger partial charge is 0.480 e. The lowest BCUT2D eigenvalue weighted by Gasteiger charge is -2.11. The fourth-order valence-corrected chi connectivity index (χ4v) is 1.70. The number of aromatic nitrogens is 2. The van der Waals surface area contributed by atoms with Crippen LogP contribution in [0.4, 0.5) is 0 Å². The summed E-state index contributed by atoms with van der Waals surface area (Å²) in [7, 11) is 0. The number of carboxylic acid groups (broad SMARTS) is 1. The van der Waals surface area contributed by atoms with Crippen molar-refractivity contribution in [1.29, 1.82) is 0 Å². The lowest BCUT2D eigenvalue weighted by Crippen LogP contribution is -2.43. The van der Waals surface area contributed by atoms with Crippen LogP contribution < -0.4 is 5.32 Å². The maximum absolute atomic E-state index is 12.0. The Labute approximate surface area is 114 Å². The summed E-state index contributed by atoms with van der Waals surface area (Å²) < 4.78 is 0. The van der Waals surface area contributed by atoms with Crippen molar-refractivity contribution in [3.05, 3.63) is 42.1 Å². The van der Waals surface area contributed by atoms with E-state index in [0.717, 1.165) is 5.56 Å². The highest BCUT2D eigenvalue weighted by molar-refractivity contribution is 6.01. The van der Waals surface area contributed by atoms with E-state index < -0.39 is 24.5 Å². The van der Waals surface area contributed by atoms with E-state index in [9.17, 15) is 9.59 Å². The smallest absolute Gasteiger partial charge is 0.328 e. The van der Waals surface area contributed by atoms with Gasteiger partial charge in [-0.15, -0.1) is 0 Å². The van der Waals surface area contributed by atoms with E-state index in [1.807, 2.05) is 18.2 Å². The van der Waals surface area contributed by atoms with Crippen molar-refractivity contribution in [2.45, 2.75) is 6.04 Å². The molecule has 0 radical (unpaired) electrons. The molecule has 1 heterocycles. The molecule has 0 saturated carbocycles. The first-order valence-corrected chi connectivity index (χ1v) is 5.86. The average Bonchev–Trinajstić information content (AvgIpc) is 2.94. The number of benzene rings is 1. The van der Waals surface area contributed by atoms with Crippen LogP contribution in [0.3, 0.4) is 0 Å². The summed E-state index contributed by atoms with van der Waals surface area (Å²) in [4.78, 5) is 22.8. The van der Waals surface area contributed by atoms with Gasteiger partial charge in [0.05, 0.1) is 24.1 Å². The number of carboxylic acids is 1. The third-order valence-electron chi connectivity index (χ3n) is 2.73.